The van der Waals surface area contributed by atoms with Crippen molar-refractivity contribution in [1.82, 2.24) is 10.2 Å². The number of rotatable bonds is 4. The Morgan fingerprint density at radius 2 is 1.83 bits per heavy atom. The highest BCUT2D eigenvalue weighted by molar-refractivity contribution is 7.91. The van der Waals surface area contributed by atoms with Gasteiger partial charge in [0, 0.05) is 37.9 Å². The maximum atomic E-state index is 13.0. The van der Waals surface area contributed by atoms with Gasteiger partial charge in [-0.1, -0.05) is 0 Å². The van der Waals surface area contributed by atoms with Crippen molar-refractivity contribution in [3.63, 3.8) is 0 Å². The average molecular weight is 355 g/mol. The first-order chi connectivity index (χ1) is 11.4. The van der Waals surface area contributed by atoms with E-state index in [2.05, 4.69) is 15.1 Å². The molecule has 0 aliphatic carbocycles. The lowest BCUT2D eigenvalue weighted by Gasteiger charge is -2.35. The summed E-state index contributed by atoms with van der Waals surface area (Å²) in [5.41, 5.74) is 0.983. The van der Waals surface area contributed by atoms with Gasteiger partial charge in [-0.3, -0.25) is 9.69 Å². The lowest BCUT2D eigenvalue weighted by molar-refractivity contribution is -0.122. The van der Waals surface area contributed by atoms with Crippen LogP contribution in [0.25, 0.3) is 0 Å². The number of halogens is 1. The summed E-state index contributed by atoms with van der Waals surface area (Å²) in [6, 6.07) is 6.18. The van der Waals surface area contributed by atoms with Crippen LogP contribution in [0.2, 0.25) is 0 Å². The summed E-state index contributed by atoms with van der Waals surface area (Å²) in [5, 5.41) is 2.82. The van der Waals surface area contributed by atoms with Crippen molar-refractivity contribution in [2.24, 2.45) is 0 Å². The fourth-order valence-corrected chi connectivity index (χ4v) is 4.87. The number of nitrogens with zero attached hydrogens (tertiary/aromatic N) is 2. The van der Waals surface area contributed by atoms with Crippen molar-refractivity contribution in [3.05, 3.63) is 30.1 Å². The molecule has 1 amide bonds. The fourth-order valence-electron chi connectivity index (χ4n) is 3.20. The number of hydrogen-bond acceptors (Lipinski definition) is 5. The second-order valence-corrected chi connectivity index (χ2v) is 8.64. The Kier molecular flexibility index (Phi) is 5.05. The molecule has 1 aromatic carbocycles. The van der Waals surface area contributed by atoms with Crippen LogP contribution in [0.4, 0.5) is 10.1 Å². The Morgan fingerprint density at radius 1 is 1.17 bits per heavy atom. The first-order valence-corrected chi connectivity index (χ1v) is 9.96. The molecule has 2 fully saturated rings. The van der Waals surface area contributed by atoms with Gasteiger partial charge in [-0.15, -0.1) is 0 Å². The van der Waals surface area contributed by atoms with Crippen LogP contribution >= 0.6 is 0 Å². The van der Waals surface area contributed by atoms with E-state index in [1.807, 2.05) is 0 Å². The molecule has 0 aromatic heterocycles. The normalized spacial score (nSPS) is 24.0. The number of nitrogens with one attached hydrogen (secondary N) is 1. The second kappa shape index (κ2) is 7.06. The third kappa shape index (κ3) is 4.45. The smallest absolute Gasteiger partial charge is 0.234 e. The topological polar surface area (TPSA) is 69.7 Å². The van der Waals surface area contributed by atoms with Gasteiger partial charge in [0.2, 0.25) is 5.91 Å². The molecule has 2 aliphatic rings. The number of hydrogen-bond donors (Lipinski definition) is 1. The van der Waals surface area contributed by atoms with E-state index in [0.29, 0.717) is 6.42 Å². The lowest BCUT2D eigenvalue weighted by Crippen LogP contribution is -2.50. The van der Waals surface area contributed by atoms with Gasteiger partial charge in [-0.05, 0) is 30.7 Å². The van der Waals surface area contributed by atoms with Gasteiger partial charge in [0.05, 0.1) is 18.1 Å². The molecule has 6 nitrogen and oxygen atoms in total. The lowest BCUT2D eigenvalue weighted by atomic mass is 10.2. The van der Waals surface area contributed by atoms with Gasteiger partial charge in [0.1, 0.15) is 5.82 Å². The molecular formula is C16H22FN3O3S. The van der Waals surface area contributed by atoms with Crippen LogP contribution in [-0.2, 0) is 14.6 Å². The van der Waals surface area contributed by atoms with Crippen LogP contribution < -0.4 is 10.2 Å². The molecule has 0 bridgehead atoms. The van der Waals surface area contributed by atoms with Crippen molar-refractivity contribution in [2.45, 2.75) is 12.5 Å². The van der Waals surface area contributed by atoms with E-state index in [1.54, 1.807) is 12.1 Å². The summed E-state index contributed by atoms with van der Waals surface area (Å²) < 4.78 is 35.8. The monoisotopic (exact) mass is 355 g/mol. The minimum atomic E-state index is -2.98. The SMILES string of the molecule is O=C(CN1CCN(c2ccc(F)cc2)CC1)N[C@H]1CCS(=O)(=O)C1. The molecule has 2 saturated heterocycles. The Labute approximate surface area is 141 Å². The van der Waals surface area contributed by atoms with Crippen LogP contribution in [0.1, 0.15) is 6.42 Å². The third-order valence-electron chi connectivity index (χ3n) is 4.53. The van der Waals surface area contributed by atoms with Crippen molar-refractivity contribution in [2.75, 3.05) is 49.1 Å². The van der Waals surface area contributed by atoms with Crippen molar-refractivity contribution in [1.29, 1.82) is 0 Å². The number of carbonyl (C=O) groups excluding carboxylic acids is 1. The Hall–Kier alpha value is -1.67. The Morgan fingerprint density at radius 3 is 2.42 bits per heavy atom. The van der Waals surface area contributed by atoms with Crippen molar-refractivity contribution < 1.29 is 17.6 Å². The van der Waals surface area contributed by atoms with E-state index in [1.165, 1.54) is 12.1 Å². The van der Waals surface area contributed by atoms with E-state index < -0.39 is 9.84 Å². The van der Waals surface area contributed by atoms with Gasteiger partial charge in [0.25, 0.3) is 0 Å². The number of amides is 1. The number of carbonyl (C=O) groups is 1. The minimum absolute atomic E-state index is 0.0527. The molecule has 0 spiro atoms. The molecule has 8 heteroatoms. The minimum Gasteiger partial charge on any atom is -0.369 e. The highest BCUT2D eigenvalue weighted by Crippen LogP contribution is 2.17. The molecule has 1 atom stereocenters. The predicted octanol–water partition coefficient (Wildman–Crippen LogP) is 0.251. The number of piperazine rings is 1. The molecular weight excluding hydrogens is 333 g/mol. The molecule has 2 heterocycles. The van der Waals surface area contributed by atoms with Crippen LogP contribution in [0.3, 0.4) is 0 Å². The molecule has 1 aromatic rings. The molecule has 132 valence electrons. The van der Waals surface area contributed by atoms with Crippen molar-refractivity contribution in [3.8, 4) is 0 Å². The van der Waals surface area contributed by atoms with Crippen molar-refractivity contribution >= 4 is 21.4 Å². The Bertz CT molecular complexity index is 685. The summed E-state index contributed by atoms with van der Waals surface area (Å²) in [4.78, 5) is 16.3. The van der Waals surface area contributed by atoms with Crippen LogP contribution in [0.15, 0.2) is 24.3 Å². The van der Waals surface area contributed by atoms with Crippen LogP contribution in [0.5, 0.6) is 0 Å². The predicted molar refractivity (Wildman–Crippen MR) is 90.3 cm³/mol. The average Bonchev–Trinajstić information content (AvgIpc) is 2.87. The zero-order valence-electron chi connectivity index (χ0n) is 13.4. The van der Waals surface area contributed by atoms with Gasteiger partial charge in [0.15, 0.2) is 9.84 Å². The molecule has 1 N–H and O–H groups in total. The highest BCUT2D eigenvalue weighted by Gasteiger charge is 2.29. The summed E-state index contributed by atoms with van der Waals surface area (Å²) in [6.07, 6.45) is 0.506. The highest BCUT2D eigenvalue weighted by atomic mass is 32.2. The van der Waals surface area contributed by atoms with E-state index >= 15 is 0 Å². The fraction of sp³-hybridized carbons (Fsp3) is 0.562. The van der Waals surface area contributed by atoms with E-state index in [-0.39, 0.29) is 35.8 Å². The third-order valence-corrected chi connectivity index (χ3v) is 6.30. The Balaban J connectivity index is 1.43. The first kappa shape index (κ1) is 17.2. The molecule has 0 radical (unpaired) electrons. The molecule has 3 rings (SSSR count). The van der Waals surface area contributed by atoms with Gasteiger partial charge >= 0.3 is 0 Å². The zero-order chi connectivity index (χ0) is 17.2. The van der Waals surface area contributed by atoms with E-state index in [9.17, 15) is 17.6 Å². The zero-order valence-corrected chi connectivity index (χ0v) is 14.3. The summed E-state index contributed by atoms with van der Waals surface area (Å²) >= 11 is 0. The van der Waals surface area contributed by atoms with Gasteiger partial charge in [-0.25, -0.2) is 12.8 Å². The first-order valence-electron chi connectivity index (χ1n) is 8.14. The largest absolute Gasteiger partial charge is 0.369 e. The quantitative estimate of drug-likeness (QED) is 0.839. The maximum absolute atomic E-state index is 13.0. The summed E-state index contributed by atoms with van der Waals surface area (Å²) in [7, 11) is -2.98. The van der Waals surface area contributed by atoms with Crippen LogP contribution in [0, 0.1) is 5.82 Å². The van der Waals surface area contributed by atoms with E-state index in [0.717, 1.165) is 31.9 Å². The standard InChI is InChI=1S/C16H22FN3O3S/c17-13-1-3-15(4-2-13)20-8-6-19(7-9-20)11-16(21)18-14-5-10-24(22,23)12-14/h1-4,14H,5-12H2,(H,18,21)/t14-/m0/s1. The summed E-state index contributed by atoms with van der Waals surface area (Å²) in [5.74, 6) is -0.152. The second-order valence-electron chi connectivity index (χ2n) is 6.41. The van der Waals surface area contributed by atoms with Gasteiger partial charge in [-0.2, -0.15) is 0 Å². The molecule has 0 saturated carbocycles. The molecule has 0 unspecified atom stereocenters. The maximum Gasteiger partial charge on any atom is 0.234 e. The number of sulfone groups is 1. The van der Waals surface area contributed by atoms with Crippen LogP contribution in [-0.4, -0.2) is 69.5 Å². The number of benzene rings is 1. The van der Waals surface area contributed by atoms with E-state index in [4.69, 9.17) is 0 Å². The molecule has 2 aliphatic heterocycles. The molecule has 24 heavy (non-hydrogen) atoms. The summed E-state index contributed by atoms with van der Waals surface area (Å²) in [6.45, 7) is 3.32. The van der Waals surface area contributed by atoms with Gasteiger partial charge < -0.3 is 10.2 Å². The number of anilines is 1.